The molecule has 0 spiro atoms. The van der Waals surface area contributed by atoms with Crippen LogP contribution >= 0.6 is 22.6 Å². The molecule has 4 aliphatic carbocycles. The maximum Gasteiger partial charge on any atom is 0.330 e. The Labute approximate surface area is 181 Å². The van der Waals surface area contributed by atoms with Crippen LogP contribution in [0.25, 0.3) is 0 Å². The molecule has 0 radical (unpaired) electrons. The lowest BCUT2D eigenvalue weighted by molar-refractivity contribution is -0.177. The summed E-state index contributed by atoms with van der Waals surface area (Å²) in [5.74, 6) is 1.81. The van der Waals surface area contributed by atoms with Crippen molar-refractivity contribution in [3.63, 3.8) is 0 Å². The summed E-state index contributed by atoms with van der Waals surface area (Å²) in [5, 5.41) is 10.4. The number of carbonyl (C=O) groups excluding carboxylic acids is 1. The first kappa shape index (κ1) is 19.7. The van der Waals surface area contributed by atoms with Gasteiger partial charge >= 0.3 is 11.7 Å². The van der Waals surface area contributed by atoms with Crippen LogP contribution in [0.15, 0.2) is 15.8 Å². The quantitative estimate of drug-likeness (QED) is 0.465. The summed E-state index contributed by atoms with van der Waals surface area (Å²) in [5.41, 5.74) is -1.38. The molecule has 4 bridgehead atoms. The second-order valence-corrected chi connectivity index (χ2v) is 10.5. The lowest BCUT2D eigenvalue weighted by Crippen LogP contribution is -2.51. The van der Waals surface area contributed by atoms with Crippen LogP contribution in [0.1, 0.15) is 51.2 Å². The van der Waals surface area contributed by atoms with Crippen LogP contribution in [-0.2, 0) is 14.3 Å². The molecule has 6 rings (SSSR count). The van der Waals surface area contributed by atoms with Crippen molar-refractivity contribution in [2.75, 3.05) is 6.61 Å². The number of hydrogen-bond donors (Lipinski definition) is 2. The van der Waals surface area contributed by atoms with E-state index >= 15 is 0 Å². The highest BCUT2D eigenvalue weighted by Crippen LogP contribution is 2.60. The Balaban J connectivity index is 1.24. The number of H-pyrrole nitrogens is 1. The van der Waals surface area contributed by atoms with Gasteiger partial charge in [-0.2, -0.15) is 0 Å². The number of rotatable bonds is 4. The molecule has 1 aliphatic heterocycles. The Morgan fingerprint density at radius 3 is 2.45 bits per heavy atom. The number of hydrogen-bond acceptors (Lipinski definition) is 6. The maximum atomic E-state index is 13.0. The number of carbonyl (C=O) groups is 1. The second-order valence-electron chi connectivity index (χ2n) is 9.37. The van der Waals surface area contributed by atoms with E-state index in [0.717, 1.165) is 19.3 Å². The molecule has 1 aromatic heterocycles. The summed E-state index contributed by atoms with van der Waals surface area (Å²) in [6, 6.07) is 0. The minimum atomic E-state index is -0.847. The standard InChI is InChI=1S/C20H25IN2O6/c21-13-8-23(19(27)22-17(13)25)16-4-14(24)15(29-16)9-28-18(26)20-5-10-1-11(6-20)3-12(2-10)7-20/h8,10-12,14-16,24H,1-7,9H2,(H,22,25,27)/t10?,11?,12?,14-,15+,16+,20?/m0/s1. The number of halogens is 1. The van der Waals surface area contributed by atoms with Gasteiger partial charge in [-0.25, -0.2) is 4.79 Å². The first-order valence-corrected chi connectivity index (χ1v) is 11.4. The van der Waals surface area contributed by atoms with Crippen molar-refractivity contribution in [3.8, 4) is 0 Å². The van der Waals surface area contributed by atoms with Gasteiger partial charge in [0.05, 0.1) is 15.1 Å². The fraction of sp³-hybridized carbons (Fsp3) is 0.750. The summed E-state index contributed by atoms with van der Waals surface area (Å²) in [6.07, 6.45) is 5.94. The molecule has 2 N–H and O–H groups in total. The minimum Gasteiger partial charge on any atom is -0.462 e. The topological polar surface area (TPSA) is 111 Å². The van der Waals surface area contributed by atoms with Crippen LogP contribution in [-0.4, -0.2) is 39.4 Å². The van der Waals surface area contributed by atoms with Gasteiger partial charge in [-0.15, -0.1) is 0 Å². The maximum absolute atomic E-state index is 13.0. The summed E-state index contributed by atoms with van der Waals surface area (Å²) in [4.78, 5) is 38.9. The van der Waals surface area contributed by atoms with Crippen LogP contribution in [0, 0.1) is 26.7 Å². The monoisotopic (exact) mass is 516 g/mol. The Morgan fingerprint density at radius 1 is 1.21 bits per heavy atom. The van der Waals surface area contributed by atoms with Crippen molar-refractivity contribution in [1.82, 2.24) is 9.55 Å². The average molecular weight is 516 g/mol. The van der Waals surface area contributed by atoms with Crippen molar-refractivity contribution in [2.45, 2.75) is 63.4 Å². The van der Waals surface area contributed by atoms with E-state index in [2.05, 4.69) is 4.98 Å². The summed E-state index contributed by atoms with van der Waals surface area (Å²) >= 11 is 1.84. The zero-order valence-electron chi connectivity index (χ0n) is 16.0. The van der Waals surface area contributed by atoms with Crippen LogP contribution in [0.4, 0.5) is 0 Å². The van der Waals surface area contributed by atoms with E-state index in [1.807, 2.05) is 22.6 Å². The molecule has 158 valence electrons. The third-order valence-electron chi connectivity index (χ3n) is 7.29. The molecule has 8 nitrogen and oxygen atoms in total. The van der Waals surface area contributed by atoms with Gasteiger partial charge in [0, 0.05) is 12.6 Å². The van der Waals surface area contributed by atoms with E-state index in [-0.39, 0.29) is 24.4 Å². The predicted octanol–water partition coefficient (Wildman–Crippen LogP) is 1.55. The van der Waals surface area contributed by atoms with Gasteiger partial charge in [-0.1, -0.05) is 0 Å². The van der Waals surface area contributed by atoms with Crippen LogP contribution in [0.5, 0.6) is 0 Å². The molecule has 5 aliphatic rings. The van der Waals surface area contributed by atoms with Gasteiger partial charge in [-0.3, -0.25) is 19.1 Å². The van der Waals surface area contributed by atoms with E-state index in [1.165, 1.54) is 30.0 Å². The number of nitrogens with one attached hydrogen (secondary N) is 1. The number of ether oxygens (including phenoxy) is 2. The molecular weight excluding hydrogens is 491 g/mol. The Kier molecular flexibility index (Phi) is 4.90. The fourth-order valence-electron chi connectivity index (χ4n) is 6.38. The second kappa shape index (κ2) is 7.19. The van der Waals surface area contributed by atoms with Gasteiger partial charge < -0.3 is 14.6 Å². The normalized spacial score (nSPS) is 40.3. The van der Waals surface area contributed by atoms with Gasteiger partial charge in [0.25, 0.3) is 5.56 Å². The predicted molar refractivity (Wildman–Crippen MR) is 110 cm³/mol. The Hall–Kier alpha value is -1.20. The lowest BCUT2D eigenvalue weighted by atomic mass is 9.49. The molecule has 2 heterocycles. The zero-order valence-corrected chi connectivity index (χ0v) is 18.2. The van der Waals surface area contributed by atoms with E-state index in [0.29, 0.717) is 21.3 Å². The molecule has 0 amide bonds. The smallest absolute Gasteiger partial charge is 0.330 e. The van der Waals surface area contributed by atoms with Crippen molar-refractivity contribution in [3.05, 3.63) is 30.6 Å². The minimum absolute atomic E-state index is 0.0204. The highest BCUT2D eigenvalue weighted by molar-refractivity contribution is 14.1. The highest BCUT2D eigenvalue weighted by Gasteiger charge is 2.55. The average Bonchev–Trinajstić information content (AvgIpc) is 3.02. The Morgan fingerprint density at radius 2 is 1.83 bits per heavy atom. The number of aromatic nitrogens is 2. The summed E-state index contributed by atoms with van der Waals surface area (Å²) < 4.78 is 13.1. The van der Waals surface area contributed by atoms with E-state index < -0.39 is 29.7 Å². The molecule has 3 atom stereocenters. The molecule has 9 heteroatoms. The number of esters is 1. The first-order valence-electron chi connectivity index (χ1n) is 10.3. The first-order chi connectivity index (χ1) is 13.8. The van der Waals surface area contributed by atoms with Crippen molar-refractivity contribution < 1.29 is 19.4 Å². The van der Waals surface area contributed by atoms with Gasteiger partial charge in [0.15, 0.2) is 0 Å². The number of aliphatic hydroxyl groups is 1. The molecule has 29 heavy (non-hydrogen) atoms. The van der Waals surface area contributed by atoms with Gasteiger partial charge in [-0.05, 0) is 78.9 Å². The van der Waals surface area contributed by atoms with Crippen molar-refractivity contribution in [2.24, 2.45) is 23.2 Å². The van der Waals surface area contributed by atoms with Crippen LogP contribution in [0.2, 0.25) is 0 Å². The molecule has 1 aromatic rings. The van der Waals surface area contributed by atoms with Crippen LogP contribution in [0.3, 0.4) is 0 Å². The van der Waals surface area contributed by atoms with E-state index in [9.17, 15) is 19.5 Å². The zero-order chi connectivity index (χ0) is 20.3. The molecule has 0 unspecified atom stereocenters. The van der Waals surface area contributed by atoms with Crippen molar-refractivity contribution in [1.29, 1.82) is 0 Å². The molecule has 1 saturated heterocycles. The third-order valence-corrected chi connectivity index (χ3v) is 8.06. The third kappa shape index (κ3) is 3.48. The summed E-state index contributed by atoms with van der Waals surface area (Å²) in [6.45, 7) is -0.0204. The van der Waals surface area contributed by atoms with E-state index in [1.54, 1.807) is 0 Å². The van der Waals surface area contributed by atoms with Crippen LogP contribution < -0.4 is 11.2 Å². The summed E-state index contributed by atoms with van der Waals surface area (Å²) in [7, 11) is 0. The van der Waals surface area contributed by atoms with Gasteiger partial charge in [0.1, 0.15) is 18.9 Å². The number of aliphatic hydroxyl groups excluding tert-OH is 1. The van der Waals surface area contributed by atoms with Crippen molar-refractivity contribution >= 4 is 28.6 Å². The van der Waals surface area contributed by atoms with Gasteiger partial charge in [0.2, 0.25) is 0 Å². The largest absolute Gasteiger partial charge is 0.462 e. The fourth-order valence-corrected chi connectivity index (χ4v) is 6.82. The number of aromatic amines is 1. The number of nitrogens with zero attached hydrogens (tertiary/aromatic N) is 1. The van der Waals surface area contributed by atoms with E-state index in [4.69, 9.17) is 9.47 Å². The molecule has 5 fully saturated rings. The molecular formula is C20H25IN2O6. The lowest BCUT2D eigenvalue weighted by Gasteiger charge is -2.55. The SMILES string of the molecule is O=C(OC[C@H]1O[C@@H](n2cc(I)c(=O)[nH]c2=O)C[C@@H]1O)C12CC3CC(CC(C3)C1)C2. The Bertz CT molecular complexity index is 904. The highest BCUT2D eigenvalue weighted by atomic mass is 127. The molecule has 0 aromatic carbocycles. The molecule has 4 saturated carbocycles.